The molecule has 16 heavy (non-hydrogen) atoms. The number of hydrogen-bond acceptors (Lipinski definition) is 2. The van der Waals surface area contributed by atoms with Gasteiger partial charge >= 0.3 is 0 Å². The standard InChI is InChI=1S/C11H7BrCl2N2/c1-6-9(13)15-11(16-10(6)14)7-4-2-3-5-8(7)12/h2-5H,1H3. The van der Waals surface area contributed by atoms with Crippen LogP contribution in [0.5, 0.6) is 0 Å². The van der Waals surface area contributed by atoms with Gasteiger partial charge in [0.1, 0.15) is 10.3 Å². The van der Waals surface area contributed by atoms with Gasteiger partial charge in [0.15, 0.2) is 5.82 Å². The molecule has 0 saturated heterocycles. The maximum Gasteiger partial charge on any atom is 0.163 e. The molecular weight excluding hydrogens is 311 g/mol. The predicted molar refractivity (Wildman–Crippen MR) is 69.9 cm³/mol. The Morgan fingerprint density at radius 2 is 1.62 bits per heavy atom. The number of hydrogen-bond donors (Lipinski definition) is 0. The Labute approximate surface area is 112 Å². The first-order valence-corrected chi connectivity index (χ1v) is 6.09. The third-order valence-electron chi connectivity index (χ3n) is 2.14. The maximum atomic E-state index is 5.97. The van der Waals surface area contributed by atoms with Gasteiger partial charge in [-0.25, -0.2) is 9.97 Å². The summed E-state index contributed by atoms with van der Waals surface area (Å²) in [6, 6.07) is 7.65. The summed E-state index contributed by atoms with van der Waals surface area (Å²) in [6.45, 7) is 1.79. The van der Waals surface area contributed by atoms with Gasteiger partial charge in [-0.1, -0.05) is 57.3 Å². The molecule has 0 atom stereocenters. The number of benzene rings is 1. The fourth-order valence-corrected chi connectivity index (χ4v) is 2.08. The van der Waals surface area contributed by atoms with E-state index in [1.807, 2.05) is 24.3 Å². The molecule has 0 N–H and O–H groups in total. The minimum absolute atomic E-state index is 0.380. The molecule has 0 aliphatic heterocycles. The average Bonchev–Trinajstić information content (AvgIpc) is 2.26. The summed E-state index contributed by atoms with van der Waals surface area (Å²) in [5, 5.41) is 0.761. The summed E-state index contributed by atoms with van der Waals surface area (Å²) < 4.78 is 0.908. The molecule has 1 aromatic carbocycles. The third-order valence-corrected chi connectivity index (χ3v) is 3.57. The largest absolute Gasteiger partial charge is 0.216 e. The molecule has 5 heteroatoms. The van der Waals surface area contributed by atoms with Crippen LogP contribution in [0.25, 0.3) is 11.4 Å². The zero-order chi connectivity index (χ0) is 11.7. The topological polar surface area (TPSA) is 25.8 Å². The second kappa shape index (κ2) is 4.70. The molecule has 0 fully saturated rings. The number of rotatable bonds is 1. The fraction of sp³-hybridized carbons (Fsp3) is 0.0909. The van der Waals surface area contributed by atoms with Crippen LogP contribution < -0.4 is 0 Å². The highest BCUT2D eigenvalue weighted by Crippen LogP contribution is 2.29. The molecule has 0 aliphatic carbocycles. The second-order valence-corrected chi connectivity index (χ2v) is 4.80. The molecule has 0 spiro atoms. The van der Waals surface area contributed by atoms with E-state index < -0.39 is 0 Å². The third kappa shape index (κ3) is 2.21. The number of aromatic nitrogens is 2. The lowest BCUT2D eigenvalue weighted by atomic mass is 10.2. The molecule has 2 rings (SSSR count). The summed E-state index contributed by atoms with van der Waals surface area (Å²) in [5.74, 6) is 0.521. The van der Waals surface area contributed by atoms with Crippen molar-refractivity contribution in [2.75, 3.05) is 0 Å². The van der Waals surface area contributed by atoms with E-state index in [1.165, 1.54) is 0 Å². The lowest BCUT2D eigenvalue weighted by Crippen LogP contribution is -1.94. The van der Waals surface area contributed by atoms with Gasteiger partial charge in [0.25, 0.3) is 0 Å². The summed E-state index contributed by atoms with van der Waals surface area (Å²) in [4.78, 5) is 8.41. The second-order valence-electron chi connectivity index (χ2n) is 3.23. The van der Waals surface area contributed by atoms with E-state index in [-0.39, 0.29) is 0 Å². The van der Waals surface area contributed by atoms with E-state index in [0.29, 0.717) is 21.7 Å². The van der Waals surface area contributed by atoms with Crippen molar-refractivity contribution in [3.8, 4) is 11.4 Å². The van der Waals surface area contributed by atoms with Crippen LogP contribution in [-0.2, 0) is 0 Å². The van der Waals surface area contributed by atoms with Crippen LogP contribution in [0.2, 0.25) is 10.3 Å². The number of halogens is 3. The van der Waals surface area contributed by atoms with Gasteiger partial charge in [0, 0.05) is 15.6 Å². The van der Waals surface area contributed by atoms with Gasteiger partial charge in [-0.15, -0.1) is 0 Å². The highest BCUT2D eigenvalue weighted by Gasteiger charge is 2.10. The zero-order valence-electron chi connectivity index (χ0n) is 8.34. The van der Waals surface area contributed by atoms with Crippen LogP contribution in [0.1, 0.15) is 5.56 Å². The van der Waals surface area contributed by atoms with Gasteiger partial charge in [0.2, 0.25) is 0 Å². The number of nitrogens with zero attached hydrogens (tertiary/aromatic N) is 2. The van der Waals surface area contributed by atoms with Crippen molar-refractivity contribution in [2.24, 2.45) is 0 Å². The molecule has 0 aliphatic rings. The van der Waals surface area contributed by atoms with E-state index >= 15 is 0 Å². The maximum absolute atomic E-state index is 5.97. The molecule has 1 heterocycles. The van der Waals surface area contributed by atoms with Crippen LogP contribution >= 0.6 is 39.1 Å². The minimum atomic E-state index is 0.380. The van der Waals surface area contributed by atoms with Gasteiger partial charge in [-0.3, -0.25) is 0 Å². The Bertz CT molecular complexity index is 520. The Kier molecular flexibility index (Phi) is 3.47. The van der Waals surface area contributed by atoms with E-state index in [1.54, 1.807) is 6.92 Å². The molecule has 0 bridgehead atoms. The lowest BCUT2D eigenvalue weighted by molar-refractivity contribution is 1.14. The smallest absolute Gasteiger partial charge is 0.163 e. The molecule has 0 amide bonds. The van der Waals surface area contributed by atoms with E-state index in [2.05, 4.69) is 25.9 Å². The van der Waals surface area contributed by atoms with Crippen molar-refractivity contribution in [1.82, 2.24) is 9.97 Å². The van der Waals surface area contributed by atoms with Crippen molar-refractivity contribution >= 4 is 39.1 Å². The molecule has 82 valence electrons. The Morgan fingerprint density at radius 1 is 1.06 bits per heavy atom. The highest BCUT2D eigenvalue weighted by molar-refractivity contribution is 9.10. The van der Waals surface area contributed by atoms with Crippen molar-refractivity contribution in [3.05, 3.63) is 44.6 Å². The summed E-state index contributed by atoms with van der Waals surface area (Å²) >= 11 is 15.4. The first kappa shape index (κ1) is 11.8. The molecule has 1 aromatic heterocycles. The van der Waals surface area contributed by atoms with Crippen molar-refractivity contribution in [2.45, 2.75) is 6.92 Å². The van der Waals surface area contributed by atoms with Crippen molar-refractivity contribution in [1.29, 1.82) is 0 Å². The minimum Gasteiger partial charge on any atom is -0.216 e. The Balaban J connectivity index is 2.62. The molecular formula is C11H7BrCl2N2. The van der Waals surface area contributed by atoms with Gasteiger partial charge in [0.05, 0.1) is 0 Å². The first-order chi connectivity index (χ1) is 7.59. The molecule has 2 aromatic rings. The monoisotopic (exact) mass is 316 g/mol. The van der Waals surface area contributed by atoms with Gasteiger partial charge < -0.3 is 0 Å². The van der Waals surface area contributed by atoms with Gasteiger partial charge in [-0.2, -0.15) is 0 Å². The van der Waals surface area contributed by atoms with Crippen LogP contribution in [0, 0.1) is 6.92 Å². The lowest BCUT2D eigenvalue weighted by Gasteiger charge is -2.06. The van der Waals surface area contributed by atoms with Crippen molar-refractivity contribution in [3.63, 3.8) is 0 Å². The highest BCUT2D eigenvalue weighted by atomic mass is 79.9. The Hall–Kier alpha value is -0.640. The summed E-state index contributed by atoms with van der Waals surface area (Å²) in [7, 11) is 0. The normalized spacial score (nSPS) is 10.5. The van der Waals surface area contributed by atoms with Gasteiger partial charge in [-0.05, 0) is 13.0 Å². The van der Waals surface area contributed by atoms with Crippen LogP contribution in [0.15, 0.2) is 28.7 Å². The fourth-order valence-electron chi connectivity index (χ4n) is 1.23. The SMILES string of the molecule is Cc1c(Cl)nc(-c2ccccc2Br)nc1Cl. The van der Waals surface area contributed by atoms with E-state index in [4.69, 9.17) is 23.2 Å². The summed E-state index contributed by atoms with van der Waals surface area (Å²) in [5.41, 5.74) is 1.56. The Morgan fingerprint density at radius 3 is 2.19 bits per heavy atom. The zero-order valence-corrected chi connectivity index (χ0v) is 11.4. The van der Waals surface area contributed by atoms with E-state index in [0.717, 1.165) is 10.0 Å². The average molecular weight is 318 g/mol. The molecule has 2 nitrogen and oxygen atoms in total. The predicted octanol–water partition coefficient (Wildman–Crippen LogP) is 4.52. The van der Waals surface area contributed by atoms with Crippen LogP contribution in [0.4, 0.5) is 0 Å². The quantitative estimate of drug-likeness (QED) is 0.723. The molecule has 0 radical (unpaired) electrons. The van der Waals surface area contributed by atoms with Crippen LogP contribution in [0.3, 0.4) is 0 Å². The van der Waals surface area contributed by atoms with E-state index in [9.17, 15) is 0 Å². The van der Waals surface area contributed by atoms with Crippen molar-refractivity contribution < 1.29 is 0 Å². The molecule has 0 unspecified atom stereocenters. The summed E-state index contributed by atoms with van der Waals surface area (Å²) in [6.07, 6.45) is 0. The first-order valence-electron chi connectivity index (χ1n) is 4.54. The van der Waals surface area contributed by atoms with Crippen LogP contribution in [-0.4, -0.2) is 9.97 Å². The molecule has 0 saturated carbocycles.